The van der Waals surface area contributed by atoms with E-state index in [-0.39, 0.29) is 33.4 Å². The summed E-state index contributed by atoms with van der Waals surface area (Å²) >= 11 is 0. The third-order valence-electron chi connectivity index (χ3n) is 7.72. The van der Waals surface area contributed by atoms with Gasteiger partial charge in [-0.05, 0) is 75.8 Å². The molecule has 11 nitrogen and oxygen atoms in total. The van der Waals surface area contributed by atoms with E-state index in [2.05, 4.69) is 44.4 Å². The third-order valence-corrected chi connectivity index (χ3v) is 8.94. The molecule has 2 aromatic heterocycles. The normalized spacial score (nSPS) is 19.3. The molecule has 0 radical (unpaired) electrons. The minimum absolute atomic E-state index is 0.0433. The van der Waals surface area contributed by atoms with E-state index in [0.29, 0.717) is 37.7 Å². The van der Waals surface area contributed by atoms with Crippen LogP contribution in [0.4, 0.5) is 11.6 Å². The number of hydrogen-bond donors (Lipinski definition) is 2. The summed E-state index contributed by atoms with van der Waals surface area (Å²) in [5, 5.41) is 10.9. The summed E-state index contributed by atoms with van der Waals surface area (Å²) in [5.74, 6) is 0.0310. The number of nitrogens with one attached hydrogen (secondary N) is 2. The van der Waals surface area contributed by atoms with Gasteiger partial charge in [-0.15, -0.1) is 0 Å². The minimum Gasteiger partial charge on any atom is -0.351 e. The highest BCUT2D eigenvalue weighted by atomic mass is 32.2. The summed E-state index contributed by atoms with van der Waals surface area (Å²) in [6.45, 7) is 12.2. The van der Waals surface area contributed by atoms with E-state index in [0.717, 1.165) is 32.1 Å². The molecule has 0 aliphatic carbocycles. The Morgan fingerprint density at radius 1 is 1.23 bits per heavy atom. The summed E-state index contributed by atoms with van der Waals surface area (Å²) in [5.41, 5.74) is -0.0205. The van der Waals surface area contributed by atoms with Crippen molar-refractivity contribution in [3.63, 3.8) is 0 Å². The van der Waals surface area contributed by atoms with Gasteiger partial charge in [-0.25, -0.2) is 9.71 Å². The zero-order valence-corrected chi connectivity index (χ0v) is 24.9. The lowest BCUT2D eigenvalue weighted by atomic mass is 9.86. The van der Waals surface area contributed by atoms with E-state index in [1.807, 2.05) is 4.90 Å². The number of rotatable bonds is 10. The number of anilines is 2. The standard InChI is InChI=1S/C28H41N7O4S/c1-27(2,3)14-10-20-11-19-34(26(20)37)22-9-8-21(24(30-22)35-17-6-13-28(35,4)5)25(36)32-40(38,39)23-12-18-33(31-23)16-7-15-29/h8-9,12,15,18,20,29H,6-7,10-11,13-14,16-17,19H2,1-5H3,(H,32,36). The van der Waals surface area contributed by atoms with Crippen LogP contribution in [-0.2, 0) is 21.4 Å². The molecule has 218 valence electrons. The number of amides is 2. The summed E-state index contributed by atoms with van der Waals surface area (Å²) in [7, 11) is -4.24. The number of aromatic nitrogens is 3. The molecule has 2 aliphatic rings. The van der Waals surface area contributed by atoms with Crippen molar-refractivity contribution in [1.29, 1.82) is 5.41 Å². The van der Waals surface area contributed by atoms with Gasteiger partial charge in [0.15, 0.2) is 5.03 Å². The maximum atomic E-state index is 13.4. The lowest BCUT2D eigenvalue weighted by molar-refractivity contribution is -0.120. The van der Waals surface area contributed by atoms with E-state index >= 15 is 0 Å². The first-order valence-corrected chi connectivity index (χ1v) is 15.4. The van der Waals surface area contributed by atoms with E-state index in [1.165, 1.54) is 23.2 Å². The van der Waals surface area contributed by atoms with Crippen LogP contribution < -0.4 is 14.5 Å². The van der Waals surface area contributed by atoms with Crippen LogP contribution in [0.15, 0.2) is 29.4 Å². The highest BCUT2D eigenvalue weighted by Crippen LogP contribution is 2.37. The van der Waals surface area contributed by atoms with E-state index in [4.69, 9.17) is 10.4 Å². The van der Waals surface area contributed by atoms with Crippen LogP contribution in [0, 0.1) is 16.7 Å². The molecule has 12 heteroatoms. The molecule has 2 aliphatic heterocycles. The summed E-state index contributed by atoms with van der Waals surface area (Å²) in [6, 6.07) is 4.51. The van der Waals surface area contributed by atoms with Gasteiger partial charge in [-0.1, -0.05) is 20.8 Å². The first-order valence-electron chi connectivity index (χ1n) is 13.9. The van der Waals surface area contributed by atoms with Crippen LogP contribution in [0.1, 0.15) is 83.5 Å². The molecule has 2 saturated heterocycles. The van der Waals surface area contributed by atoms with Gasteiger partial charge in [0, 0.05) is 43.7 Å². The molecule has 2 N–H and O–H groups in total. The Hall–Kier alpha value is -3.28. The number of sulfonamides is 1. The second-order valence-corrected chi connectivity index (χ2v) is 14.2. The Bertz CT molecular complexity index is 1380. The highest BCUT2D eigenvalue weighted by molar-refractivity contribution is 7.90. The van der Waals surface area contributed by atoms with Crippen molar-refractivity contribution in [2.75, 3.05) is 22.9 Å². The molecular formula is C28H41N7O4S. The average molecular weight is 572 g/mol. The van der Waals surface area contributed by atoms with Gasteiger partial charge in [0.05, 0.1) is 5.56 Å². The Morgan fingerprint density at radius 3 is 2.62 bits per heavy atom. The van der Waals surface area contributed by atoms with Gasteiger partial charge in [0.1, 0.15) is 11.6 Å². The highest BCUT2D eigenvalue weighted by Gasteiger charge is 2.38. The molecule has 0 bridgehead atoms. The third kappa shape index (κ3) is 6.54. The summed E-state index contributed by atoms with van der Waals surface area (Å²) in [6.07, 6.45) is 7.46. The maximum absolute atomic E-state index is 13.4. The van der Waals surface area contributed by atoms with E-state index in [9.17, 15) is 18.0 Å². The number of hydrogen-bond acceptors (Lipinski definition) is 8. The predicted octanol–water partition coefficient (Wildman–Crippen LogP) is 3.99. The molecule has 0 aromatic carbocycles. The molecule has 2 amide bonds. The van der Waals surface area contributed by atoms with Crippen molar-refractivity contribution < 1.29 is 18.0 Å². The molecule has 0 saturated carbocycles. The fraction of sp³-hybridized carbons (Fsp3) is 0.607. The van der Waals surface area contributed by atoms with Crippen LogP contribution in [0.25, 0.3) is 0 Å². The molecule has 0 spiro atoms. The van der Waals surface area contributed by atoms with Gasteiger partial charge in [-0.3, -0.25) is 19.2 Å². The van der Waals surface area contributed by atoms with Crippen molar-refractivity contribution >= 4 is 39.7 Å². The first kappa shape index (κ1) is 29.7. The SMILES string of the molecule is CC(C)(C)CCC1CCN(c2ccc(C(=O)NS(=O)(=O)c3ccn(CCC=N)n3)c(N3CCCC3(C)C)n2)C1=O. The second kappa shape index (κ2) is 11.3. The fourth-order valence-electron chi connectivity index (χ4n) is 5.35. The predicted molar refractivity (Wildman–Crippen MR) is 154 cm³/mol. The number of carbonyl (C=O) groups is 2. The van der Waals surface area contributed by atoms with Crippen LogP contribution in [0.5, 0.6) is 0 Å². The first-order chi connectivity index (χ1) is 18.7. The fourth-order valence-corrected chi connectivity index (χ4v) is 6.26. The molecule has 2 aromatic rings. The van der Waals surface area contributed by atoms with Crippen molar-refractivity contribution in [3.8, 4) is 0 Å². The number of carbonyl (C=O) groups excluding carboxylic acids is 2. The summed E-state index contributed by atoms with van der Waals surface area (Å²) < 4.78 is 29.6. The second-order valence-electron chi connectivity index (χ2n) is 12.5. The van der Waals surface area contributed by atoms with E-state index < -0.39 is 15.9 Å². The Labute approximate surface area is 236 Å². The Morgan fingerprint density at radius 2 is 1.98 bits per heavy atom. The topological polar surface area (TPSA) is 141 Å². The largest absolute Gasteiger partial charge is 0.351 e. The van der Waals surface area contributed by atoms with Crippen LogP contribution in [-0.4, -0.2) is 59.8 Å². The van der Waals surface area contributed by atoms with Gasteiger partial charge >= 0.3 is 0 Å². The smallest absolute Gasteiger partial charge is 0.283 e. The molecule has 1 atom stereocenters. The number of aryl methyl sites for hydroxylation is 1. The Kier molecular flexibility index (Phi) is 8.39. The molecule has 4 heterocycles. The average Bonchev–Trinajstić information content (AvgIpc) is 3.58. The number of nitrogens with zero attached hydrogens (tertiary/aromatic N) is 5. The lowest BCUT2D eigenvalue weighted by Gasteiger charge is -2.34. The zero-order valence-electron chi connectivity index (χ0n) is 24.1. The van der Waals surface area contributed by atoms with Crippen LogP contribution in [0.3, 0.4) is 0 Å². The lowest BCUT2D eigenvalue weighted by Crippen LogP contribution is -2.41. The van der Waals surface area contributed by atoms with Crippen LogP contribution >= 0.6 is 0 Å². The van der Waals surface area contributed by atoms with Gasteiger partial charge in [-0.2, -0.15) is 13.5 Å². The molecule has 1 unspecified atom stereocenters. The van der Waals surface area contributed by atoms with Gasteiger partial charge < -0.3 is 10.3 Å². The van der Waals surface area contributed by atoms with Gasteiger partial charge in [0.2, 0.25) is 5.91 Å². The molecular weight excluding hydrogens is 530 g/mol. The molecule has 40 heavy (non-hydrogen) atoms. The van der Waals surface area contributed by atoms with Crippen LogP contribution in [0.2, 0.25) is 0 Å². The van der Waals surface area contributed by atoms with E-state index in [1.54, 1.807) is 17.0 Å². The van der Waals surface area contributed by atoms with Crippen molar-refractivity contribution in [2.24, 2.45) is 11.3 Å². The van der Waals surface area contributed by atoms with Crippen molar-refractivity contribution in [3.05, 3.63) is 30.0 Å². The van der Waals surface area contributed by atoms with Gasteiger partial charge in [0.25, 0.3) is 15.9 Å². The zero-order chi connectivity index (χ0) is 29.3. The molecule has 4 rings (SSSR count). The monoisotopic (exact) mass is 571 g/mol. The number of pyridine rings is 1. The molecule has 2 fully saturated rings. The maximum Gasteiger partial charge on any atom is 0.283 e. The summed E-state index contributed by atoms with van der Waals surface area (Å²) in [4.78, 5) is 35.3. The quantitative estimate of drug-likeness (QED) is 0.411. The van der Waals surface area contributed by atoms with Crippen molar-refractivity contribution in [2.45, 2.75) is 90.3 Å². The van der Waals surface area contributed by atoms with Crippen molar-refractivity contribution in [1.82, 2.24) is 19.5 Å². The Balaban J connectivity index is 1.61. The minimum atomic E-state index is -4.24.